The molecule has 3 nitrogen and oxygen atoms in total. The Kier molecular flexibility index (Phi) is 4.78. The highest BCUT2D eigenvalue weighted by molar-refractivity contribution is 7.07. The maximum atomic E-state index is 11.7. The summed E-state index contributed by atoms with van der Waals surface area (Å²) in [5.41, 5.74) is 1.43. The Morgan fingerprint density at radius 3 is 3.11 bits per heavy atom. The van der Waals surface area contributed by atoms with Gasteiger partial charge < -0.3 is 5.32 Å². The van der Waals surface area contributed by atoms with E-state index >= 15 is 0 Å². The highest BCUT2D eigenvalue weighted by Crippen LogP contribution is 2.32. The van der Waals surface area contributed by atoms with Crippen LogP contribution in [0.3, 0.4) is 0 Å². The van der Waals surface area contributed by atoms with Crippen molar-refractivity contribution >= 4 is 17.2 Å². The zero-order chi connectivity index (χ0) is 13.0. The molecule has 1 amide bonds. The highest BCUT2D eigenvalue weighted by atomic mass is 32.1. The van der Waals surface area contributed by atoms with Gasteiger partial charge in [0.2, 0.25) is 5.91 Å². The van der Waals surface area contributed by atoms with Crippen molar-refractivity contribution < 1.29 is 4.79 Å². The van der Waals surface area contributed by atoms with Crippen molar-refractivity contribution in [3.63, 3.8) is 0 Å². The third kappa shape index (κ3) is 3.33. The number of hydrogen-bond acceptors (Lipinski definition) is 3. The predicted molar refractivity (Wildman–Crippen MR) is 76.0 cm³/mol. The Morgan fingerprint density at radius 1 is 1.61 bits per heavy atom. The molecule has 4 heteroatoms. The minimum Gasteiger partial charge on any atom is -0.355 e. The molecule has 2 heterocycles. The van der Waals surface area contributed by atoms with Crippen LogP contribution in [0.1, 0.15) is 38.2 Å². The van der Waals surface area contributed by atoms with Gasteiger partial charge in [-0.3, -0.25) is 9.69 Å². The average molecular weight is 266 g/mol. The smallest absolute Gasteiger partial charge is 0.234 e. The van der Waals surface area contributed by atoms with Crippen LogP contribution in [0, 0.1) is 0 Å². The molecule has 1 aliphatic heterocycles. The first kappa shape index (κ1) is 13.6. The lowest BCUT2D eigenvalue weighted by Crippen LogP contribution is -2.39. The van der Waals surface area contributed by atoms with Gasteiger partial charge in [0.15, 0.2) is 0 Å². The summed E-state index contributed by atoms with van der Waals surface area (Å²) >= 11 is 1.76. The van der Waals surface area contributed by atoms with Crippen molar-refractivity contribution in [2.45, 2.75) is 38.6 Å². The molecule has 1 aromatic heterocycles. The van der Waals surface area contributed by atoms with Crippen molar-refractivity contribution in [2.75, 3.05) is 19.6 Å². The highest BCUT2D eigenvalue weighted by Gasteiger charge is 2.31. The summed E-state index contributed by atoms with van der Waals surface area (Å²) in [6, 6.07) is 2.71. The van der Waals surface area contributed by atoms with Crippen LogP contribution in [0.4, 0.5) is 0 Å². The predicted octanol–water partition coefficient (Wildman–Crippen LogP) is 2.45. The monoisotopic (exact) mass is 266 g/mol. The van der Waals surface area contributed by atoms with E-state index in [9.17, 15) is 4.79 Å². The molecule has 18 heavy (non-hydrogen) atoms. The first-order chi connectivity index (χ1) is 8.70. The quantitative estimate of drug-likeness (QED) is 0.888. The summed E-state index contributed by atoms with van der Waals surface area (Å²) in [5.74, 6) is 0.764. The molecule has 1 fully saturated rings. The second kappa shape index (κ2) is 6.34. The van der Waals surface area contributed by atoms with E-state index in [1.165, 1.54) is 5.56 Å². The minimum absolute atomic E-state index is 0.162. The van der Waals surface area contributed by atoms with Crippen molar-refractivity contribution in [1.29, 1.82) is 0 Å². The van der Waals surface area contributed by atoms with Crippen LogP contribution in [0.15, 0.2) is 16.8 Å². The van der Waals surface area contributed by atoms with Crippen molar-refractivity contribution in [1.82, 2.24) is 10.2 Å². The maximum Gasteiger partial charge on any atom is 0.234 e. The Bertz CT molecular complexity index is 377. The van der Waals surface area contributed by atoms with Gasteiger partial charge in [0.25, 0.3) is 0 Å². The second-order valence-corrected chi connectivity index (χ2v) is 5.90. The number of amides is 1. The third-order valence-electron chi connectivity index (χ3n) is 3.64. The zero-order valence-electron chi connectivity index (χ0n) is 11.2. The van der Waals surface area contributed by atoms with Gasteiger partial charge in [-0.05, 0) is 48.1 Å². The Morgan fingerprint density at radius 2 is 2.44 bits per heavy atom. The standard InChI is InChI=1S/C14H22N2OS/c1-3-5-15-14(17)9-16-8-13(7-11(16)2)12-4-6-18-10-12/h4,6,10-11,13H,3,5,7-9H2,1-2H3,(H,15,17)/t11-,13+/m0/s1. The molecule has 0 radical (unpaired) electrons. The van der Waals surface area contributed by atoms with E-state index in [4.69, 9.17) is 0 Å². The van der Waals surface area contributed by atoms with Crippen LogP contribution in [0.5, 0.6) is 0 Å². The first-order valence-electron chi connectivity index (χ1n) is 6.73. The molecule has 0 aliphatic carbocycles. The van der Waals surface area contributed by atoms with E-state index in [-0.39, 0.29) is 5.91 Å². The van der Waals surface area contributed by atoms with Crippen molar-refractivity contribution in [3.05, 3.63) is 22.4 Å². The molecule has 0 aromatic carbocycles. The van der Waals surface area contributed by atoms with Crippen molar-refractivity contribution in [2.24, 2.45) is 0 Å². The molecule has 100 valence electrons. The molecule has 2 atom stereocenters. The van der Waals surface area contributed by atoms with E-state index in [0.717, 1.165) is 25.9 Å². The number of nitrogens with one attached hydrogen (secondary N) is 1. The molecular formula is C14H22N2OS. The molecule has 1 aromatic rings. The largest absolute Gasteiger partial charge is 0.355 e. The molecular weight excluding hydrogens is 244 g/mol. The second-order valence-electron chi connectivity index (χ2n) is 5.12. The Hall–Kier alpha value is -0.870. The number of nitrogens with zero attached hydrogens (tertiary/aromatic N) is 1. The van der Waals surface area contributed by atoms with Crippen LogP contribution in [0.2, 0.25) is 0 Å². The maximum absolute atomic E-state index is 11.7. The molecule has 1 aliphatic rings. The lowest BCUT2D eigenvalue weighted by Gasteiger charge is -2.20. The van der Waals surface area contributed by atoms with Crippen LogP contribution in [-0.2, 0) is 4.79 Å². The summed E-state index contributed by atoms with van der Waals surface area (Å²) in [5, 5.41) is 7.32. The molecule has 0 spiro atoms. The minimum atomic E-state index is 0.162. The third-order valence-corrected chi connectivity index (χ3v) is 4.34. The van der Waals surface area contributed by atoms with Crippen LogP contribution in [-0.4, -0.2) is 36.5 Å². The van der Waals surface area contributed by atoms with E-state index < -0.39 is 0 Å². The average Bonchev–Trinajstić information content (AvgIpc) is 2.97. The fourth-order valence-electron chi connectivity index (χ4n) is 2.57. The number of rotatable bonds is 5. The SMILES string of the molecule is CCCNC(=O)CN1C[C@H](c2ccsc2)C[C@@H]1C. The first-order valence-corrected chi connectivity index (χ1v) is 7.67. The molecule has 0 unspecified atom stereocenters. The summed E-state index contributed by atoms with van der Waals surface area (Å²) in [4.78, 5) is 14.0. The number of hydrogen-bond donors (Lipinski definition) is 1. The van der Waals surface area contributed by atoms with E-state index in [1.54, 1.807) is 11.3 Å². The fourth-order valence-corrected chi connectivity index (χ4v) is 3.31. The van der Waals surface area contributed by atoms with E-state index in [2.05, 4.69) is 40.9 Å². The molecule has 1 N–H and O–H groups in total. The topological polar surface area (TPSA) is 32.3 Å². The number of thiophene rings is 1. The normalized spacial score (nSPS) is 24.3. The van der Waals surface area contributed by atoms with Crippen LogP contribution in [0.25, 0.3) is 0 Å². The van der Waals surface area contributed by atoms with Gasteiger partial charge in [0, 0.05) is 19.1 Å². The number of carbonyl (C=O) groups excluding carboxylic acids is 1. The van der Waals surface area contributed by atoms with Gasteiger partial charge >= 0.3 is 0 Å². The zero-order valence-corrected chi connectivity index (χ0v) is 12.0. The Balaban J connectivity index is 1.85. The van der Waals surface area contributed by atoms with Crippen molar-refractivity contribution in [3.8, 4) is 0 Å². The van der Waals surface area contributed by atoms with Gasteiger partial charge in [-0.1, -0.05) is 6.92 Å². The van der Waals surface area contributed by atoms with Gasteiger partial charge in [-0.25, -0.2) is 0 Å². The van der Waals surface area contributed by atoms with Crippen LogP contribution >= 0.6 is 11.3 Å². The fraction of sp³-hybridized carbons (Fsp3) is 0.643. The number of carbonyl (C=O) groups is 1. The Labute approximate surface area is 113 Å². The summed E-state index contributed by atoms with van der Waals surface area (Å²) in [6.07, 6.45) is 2.16. The molecule has 1 saturated heterocycles. The van der Waals surface area contributed by atoms with Gasteiger partial charge in [-0.2, -0.15) is 11.3 Å². The van der Waals surface area contributed by atoms with Gasteiger partial charge in [0.1, 0.15) is 0 Å². The number of likely N-dealkylation sites (tertiary alicyclic amines) is 1. The lowest BCUT2D eigenvalue weighted by atomic mass is 10.00. The molecule has 0 saturated carbocycles. The van der Waals surface area contributed by atoms with E-state index in [0.29, 0.717) is 18.5 Å². The van der Waals surface area contributed by atoms with E-state index in [1.807, 2.05) is 0 Å². The van der Waals surface area contributed by atoms with Gasteiger partial charge in [0.05, 0.1) is 6.54 Å². The molecule has 2 rings (SSSR count). The summed E-state index contributed by atoms with van der Waals surface area (Å²) in [6.45, 7) is 6.64. The summed E-state index contributed by atoms with van der Waals surface area (Å²) in [7, 11) is 0. The van der Waals surface area contributed by atoms with Gasteiger partial charge in [-0.15, -0.1) is 0 Å². The summed E-state index contributed by atoms with van der Waals surface area (Å²) < 4.78 is 0. The van der Waals surface area contributed by atoms with Crippen LogP contribution < -0.4 is 5.32 Å². The lowest BCUT2D eigenvalue weighted by molar-refractivity contribution is -0.122. The molecule has 0 bridgehead atoms.